The molecule has 0 saturated carbocycles. The lowest BCUT2D eigenvalue weighted by Gasteiger charge is -2.15. The summed E-state index contributed by atoms with van der Waals surface area (Å²) in [4.78, 5) is 21.1. The number of amides is 1. The molecule has 0 saturated heterocycles. The van der Waals surface area contributed by atoms with E-state index in [-0.39, 0.29) is 5.91 Å². The minimum Gasteiger partial charge on any atom is -0.324 e. The second-order valence-corrected chi connectivity index (χ2v) is 7.00. The summed E-state index contributed by atoms with van der Waals surface area (Å²) < 4.78 is 0.930. The molecule has 26 heavy (non-hydrogen) atoms. The Bertz CT molecular complexity index is 999. The van der Waals surface area contributed by atoms with Gasteiger partial charge in [0.25, 0.3) is 0 Å². The molecule has 0 atom stereocenters. The number of aromatic nitrogens is 1. The van der Waals surface area contributed by atoms with Gasteiger partial charge in [0.2, 0.25) is 5.91 Å². The molecular formula is C21H16BrN3O. The molecule has 4 rings (SSSR count). The number of nitrogens with zero attached hydrogens (tertiary/aromatic N) is 2. The van der Waals surface area contributed by atoms with Crippen LogP contribution < -0.4 is 5.32 Å². The van der Waals surface area contributed by atoms with E-state index in [1.54, 1.807) is 12.4 Å². The summed E-state index contributed by atoms with van der Waals surface area (Å²) in [6.07, 6.45) is 4.58. The third kappa shape index (κ3) is 3.58. The zero-order valence-electron chi connectivity index (χ0n) is 13.9. The molecule has 4 nitrogen and oxygen atoms in total. The Labute approximate surface area is 160 Å². The van der Waals surface area contributed by atoms with Gasteiger partial charge < -0.3 is 5.32 Å². The topological polar surface area (TPSA) is 54.4 Å². The molecule has 0 fully saturated rings. The van der Waals surface area contributed by atoms with Crippen LogP contribution in [0.3, 0.4) is 0 Å². The van der Waals surface area contributed by atoms with Crippen molar-refractivity contribution in [2.45, 2.75) is 12.8 Å². The largest absolute Gasteiger partial charge is 0.324 e. The van der Waals surface area contributed by atoms with Crippen LogP contribution in [-0.2, 0) is 4.79 Å². The first-order chi connectivity index (χ1) is 12.7. The highest BCUT2D eigenvalue weighted by atomic mass is 79.9. The van der Waals surface area contributed by atoms with Crippen molar-refractivity contribution in [1.82, 2.24) is 4.98 Å². The minimum absolute atomic E-state index is 0.00580. The maximum absolute atomic E-state index is 12.2. The van der Waals surface area contributed by atoms with Crippen LogP contribution in [0.25, 0.3) is 11.1 Å². The average Bonchev–Trinajstić information content (AvgIpc) is 2.66. The predicted molar refractivity (Wildman–Crippen MR) is 108 cm³/mol. The van der Waals surface area contributed by atoms with Gasteiger partial charge in [0, 0.05) is 29.0 Å². The molecule has 0 radical (unpaired) electrons. The Morgan fingerprint density at radius 3 is 2.54 bits per heavy atom. The van der Waals surface area contributed by atoms with E-state index in [2.05, 4.69) is 38.4 Å². The van der Waals surface area contributed by atoms with Gasteiger partial charge in [-0.25, -0.2) is 0 Å². The molecule has 1 amide bonds. The Morgan fingerprint density at radius 1 is 0.885 bits per heavy atom. The Morgan fingerprint density at radius 2 is 1.69 bits per heavy atom. The maximum atomic E-state index is 12.2. The second-order valence-electron chi connectivity index (χ2n) is 6.08. The molecule has 0 aliphatic carbocycles. The van der Waals surface area contributed by atoms with Crippen LogP contribution in [0.4, 0.5) is 11.4 Å². The molecule has 0 spiro atoms. The Kier molecular flexibility index (Phi) is 4.63. The highest BCUT2D eigenvalue weighted by Gasteiger charge is 2.15. The lowest BCUT2D eigenvalue weighted by atomic mass is 9.99. The number of carbonyl (C=O) groups is 1. The summed E-state index contributed by atoms with van der Waals surface area (Å²) >= 11 is 3.48. The van der Waals surface area contributed by atoms with E-state index in [1.807, 2.05) is 42.5 Å². The van der Waals surface area contributed by atoms with E-state index < -0.39 is 0 Å². The monoisotopic (exact) mass is 405 g/mol. The summed E-state index contributed by atoms with van der Waals surface area (Å²) in [5.41, 5.74) is 5.65. The number of anilines is 1. The summed E-state index contributed by atoms with van der Waals surface area (Å²) in [7, 11) is 0. The number of benzene rings is 2. The lowest BCUT2D eigenvalue weighted by Crippen LogP contribution is -2.16. The van der Waals surface area contributed by atoms with Gasteiger partial charge in [-0.2, -0.15) is 0 Å². The van der Waals surface area contributed by atoms with Crippen molar-refractivity contribution in [3.63, 3.8) is 0 Å². The van der Waals surface area contributed by atoms with Crippen LogP contribution in [0.2, 0.25) is 0 Å². The quantitative estimate of drug-likeness (QED) is 0.623. The second kappa shape index (κ2) is 7.22. The minimum atomic E-state index is 0.00580. The highest BCUT2D eigenvalue weighted by Crippen LogP contribution is 2.32. The third-order valence-electron chi connectivity index (χ3n) is 4.29. The Hall–Kier alpha value is -2.79. The van der Waals surface area contributed by atoms with E-state index in [9.17, 15) is 4.79 Å². The van der Waals surface area contributed by atoms with Gasteiger partial charge in [-0.05, 0) is 59.5 Å². The summed E-state index contributed by atoms with van der Waals surface area (Å²) in [5.74, 6) is 0.00580. The molecule has 0 unspecified atom stereocenters. The van der Waals surface area contributed by atoms with Crippen molar-refractivity contribution in [1.29, 1.82) is 0 Å². The number of aliphatic imine (C=N–C) groups is 1. The van der Waals surface area contributed by atoms with Crippen LogP contribution in [0.1, 0.15) is 18.4 Å². The predicted octanol–water partition coefficient (Wildman–Crippen LogP) is 5.36. The van der Waals surface area contributed by atoms with Gasteiger partial charge in [0.1, 0.15) is 0 Å². The SMILES string of the molecule is O=C1CCC(c2cccc(-c3ccncc3)c2)=Nc2cc(Br)ccc2N1. The van der Waals surface area contributed by atoms with Gasteiger partial charge in [-0.3, -0.25) is 14.8 Å². The number of pyridine rings is 1. The molecule has 2 heterocycles. The number of hydrogen-bond acceptors (Lipinski definition) is 3. The first-order valence-electron chi connectivity index (χ1n) is 8.37. The molecule has 128 valence electrons. The molecule has 1 aliphatic rings. The van der Waals surface area contributed by atoms with E-state index in [1.165, 1.54) is 0 Å². The van der Waals surface area contributed by atoms with Crippen LogP contribution >= 0.6 is 15.9 Å². The molecule has 5 heteroatoms. The zero-order valence-corrected chi connectivity index (χ0v) is 15.5. The van der Waals surface area contributed by atoms with Gasteiger partial charge in [0.05, 0.1) is 11.4 Å². The van der Waals surface area contributed by atoms with E-state index in [4.69, 9.17) is 4.99 Å². The van der Waals surface area contributed by atoms with Crippen molar-refractivity contribution in [2.75, 3.05) is 5.32 Å². The van der Waals surface area contributed by atoms with Gasteiger partial charge in [-0.1, -0.05) is 34.1 Å². The van der Waals surface area contributed by atoms with E-state index in [0.717, 1.165) is 38.2 Å². The number of halogens is 1. The average molecular weight is 406 g/mol. The van der Waals surface area contributed by atoms with Crippen molar-refractivity contribution in [3.05, 3.63) is 77.0 Å². The van der Waals surface area contributed by atoms with Crippen LogP contribution in [0, 0.1) is 0 Å². The molecule has 1 N–H and O–H groups in total. The number of hydrogen-bond donors (Lipinski definition) is 1. The number of carbonyl (C=O) groups excluding carboxylic acids is 1. The summed E-state index contributed by atoms with van der Waals surface area (Å²) in [6.45, 7) is 0. The smallest absolute Gasteiger partial charge is 0.224 e. The first kappa shape index (κ1) is 16.7. The fourth-order valence-corrected chi connectivity index (χ4v) is 3.33. The number of rotatable bonds is 2. The van der Waals surface area contributed by atoms with Crippen LogP contribution in [0.15, 0.2) is 76.5 Å². The fraction of sp³-hybridized carbons (Fsp3) is 0.0952. The third-order valence-corrected chi connectivity index (χ3v) is 4.78. The van der Waals surface area contributed by atoms with Gasteiger partial charge >= 0.3 is 0 Å². The lowest BCUT2D eigenvalue weighted by molar-refractivity contribution is -0.116. The maximum Gasteiger partial charge on any atom is 0.224 e. The summed E-state index contributed by atoms with van der Waals surface area (Å²) in [5, 5.41) is 2.93. The number of nitrogens with one attached hydrogen (secondary N) is 1. The molecule has 2 aromatic carbocycles. The van der Waals surface area contributed by atoms with Crippen molar-refractivity contribution >= 4 is 38.9 Å². The molecule has 1 aliphatic heterocycles. The molecule has 1 aromatic heterocycles. The standard InChI is InChI=1S/C21H16BrN3O/c22-17-4-5-19-20(13-17)24-18(6-7-21(26)25-19)16-3-1-2-15(12-16)14-8-10-23-11-9-14/h1-5,8-13H,6-7H2,(H,25,26). The normalized spacial score (nSPS) is 13.9. The number of fused-ring (bicyclic) bond motifs is 1. The van der Waals surface area contributed by atoms with Gasteiger partial charge in [0.15, 0.2) is 0 Å². The molecule has 3 aromatic rings. The zero-order chi connectivity index (χ0) is 17.9. The summed E-state index contributed by atoms with van der Waals surface area (Å²) in [6, 6.07) is 17.9. The van der Waals surface area contributed by atoms with Crippen molar-refractivity contribution in [3.8, 4) is 11.1 Å². The van der Waals surface area contributed by atoms with Crippen LogP contribution in [0.5, 0.6) is 0 Å². The molecular weight excluding hydrogens is 390 g/mol. The molecule has 0 bridgehead atoms. The van der Waals surface area contributed by atoms with Crippen LogP contribution in [-0.4, -0.2) is 16.6 Å². The van der Waals surface area contributed by atoms with E-state index >= 15 is 0 Å². The van der Waals surface area contributed by atoms with Crippen molar-refractivity contribution in [2.24, 2.45) is 4.99 Å². The van der Waals surface area contributed by atoms with Crippen molar-refractivity contribution < 1.29 is 4.79 Å². The Balaban J connectivity index is 1.79. The fourth-order valence-electron chi connectivity index (χ4n) is 2.98. The van der Waals surface area contributed by atoms with Gasteiger partial charge in [-0.15, -0.1) is 0 Å². The first-order valence-corrected chi connectivity index (χ1v) is 9.16. The highest BCUT2D eigenvalue weighted by molar-refractivity contribution is 9.10. The van der Waals surface area contributed by atoms with E-state index in [0.29, 0.717) is 12.8 Å².